The van der Waals surface area contributed by atoms with E-state index in [4.69, 9.17) is 9.47 Å². The molecule has 1 heterocycles. The van der Waals surface area contributed by atoms with Gasteiger partial charge >= 0.3 is 11.9 Å². The third-order valence-corrected chi connectivity index (χ3v) is 3.21. The molecule has 0 atom stereocenters. The van der Waals surface area contributed by atoms with Crippen molar-refractivity contribution in [3.05, 3.63) is 29.3 Å². The number of benzene rings is 1. The number of nitrogens with zero attached hydrogens (tertiary/aromatic N) is 1. The Morgan fingerprint density at radius 1 is 1.10 bits per heavy atom. The van der Waals surface area contributed by atoms with Crippen molar-refractivity contribution in [2.24, 2.45) is 0 Å². The van der Waals surface area contributed by atoms with E-state index in [0.29, 0.717) is 5.56 Å². The van der Waals surface area contributed by atoms with Crippen LogP contribution < -0.4 is 4.90 Å². The number of hydrogen-bond donors (Lipinski definition) is 0. The van der Waals surface area contributed by atoms with Crippen LogP contribution in [0.2, 0.25) is 0 Å². The predicted molar refractivity (Wildman–Crippen MR) is 75.2 cm³/mol. The van der Waals surface area contributed by atoms with Crippen LogP contribution in [0.15, 0.2) is 18.2 Å². The number of ether oxygens (including phenoxy) is 2. The van der Waals surface area contributed by atoms with Gasteiger partial charge in [-0.1, -0.05) is 6.07 Å². The van der Waals surface area contributed by atoms with Gasteiger partial charge in [0.1, 0.15) is 0 Å². The maximum atomic E-state index is 12.2. The Kier molecular flexibility index (Phi) is 4.61. The molecule has 0 aromatic heterocycles. The summed E-state index contributed by atoms with van der Waals surface area (Å²) in [7, 11) is 0. The maximum absolute atomic E-state index is 12.2. The highest BCUT2D eigenvalue weighted by molar-refractivity contribution is 6.07. The third kappa shape index (κ3) is 2.76. The van der Waals surface area contributed by atoms with E-state index in [1.165, 1.54) is 0 Å². The second kappa shape index (κ2) is 6.41. The Hall–Kier alpha value is -2.04. The minimum atomic E-state index is -0.488. The van der Waals surface area contributed by atoms with Gasteiger partial charge in [0.2, 0.25) is 0 Å². The van der Waals surface area contributed by atoms with Crippen LogP contribution in [0.25, 0.3) is 0 Å². The number of carbonyl (C=O) groups is 2. The van der Waals surface area contributed by atoms with Crippen molar-refractivity contribution in [1.29, 1.82) is 0 Å². The van der Waals surface area contributed by atoms with Crippen LogP contribution in [0, 0.1) is 0 Å². The van der Waals surface area contributed by atoms with Crippen LogP contribution in [-0.4, -0.2) is 38.2 Å². The van der Waals surface area contributed by atoms with E-state index in [1.54, 1.807) is 26.0 Å². The number of esters is 2. The Balaban J connectivity index is 2.44. The number of hydrogen-bond acceptors (Lipinski definition) is 5. The summed E-state index contributed by atoms with van der Waals surface area (Å²) < 4.78 is 10.1. The lowest BCUT2D eigenvalue weighted by atomic mass is 10.0. The van der Waals surface area contributed by atoms with Crippen LogP contribution in [0.5, 0.6) is 0 Å². The lowest BCUT2D eigenvalue weighted by molar-refractivity contribution is 0.0479. The van der Waals surface area contributed by atoms with E-state index in [-0.39, 0.29) is 18.8 Å². The highest BCUT2D eigenvalue weighted by atomic mass is 16.5. The molecule has 0 N–H and O–H groups in total. The van der Waals surface area contributed by atoms with Crippen LogP contribution in [0.4, 0.5) is 5.69 Å². The first kappa shape index (κ1) is 14.4. The molecule has 2 rings (SSSR count). The monoisotopic (exact) mass is 277 g/mol. The summed E-state index contributed by atoms with van der Waals surface area (Å²) in [5.41, 5.74) is 1.34. The van der Waals surface area contributed by atoms with Crippen LogP contribution in [0.1, 0.15) is 41.0 Å². The molecular weight excluding hydrogens is 258 g/mol. The maximum Gasteiger partial charge on any atom is 0.341 e. The van der Waals surface area contributed by atoms with Crippen molar-refractivity contribution < 1.29 is 19.1 Å². The highest BCUT2D eigenvalue weighted by Crippen LogP contribution is 2.29. The van der Waals surface area contributed by atoms with Gasteiger partial charge in [-0.05, 0) is 32.4 Å². The molecule has 1 aromatic rings. The molecule has 0 bridgehead atoms. The summed E-state index contributed by atoms with van der Waals surface area (Å²) in [6, 6.07) is 5.21. The van der Waals surface area contributed by atoms with Crippen molar-refractivity contribution in [3.63, 3.8) is 0 Å². The van der Waals surface area contributed by atoms with Gasteiger partial charge in [-0.15, -0.1) is 0 Å². The van der Waals surface area contributed by atoms with E-state index in [0.717, 1.165) is 25.2 Å². The van der Waals surface area contributed by atoms with Crippen molar-refractivity contribution in [2.45, 2.75) is 20.3 Å². The minimum absolute atomic E-state index is 0.273. The van der Waals surface area contributed by atoms with Gasteiger partial charge < -0.3 is 14.4 Å². The van der Waals surface area contributed by atoms with E-state index in [1.807, 2.05) is 6.07 Å². The van der Waals surface area contributed by atoms with Crippen molar-refractivity contribution in [2.75, 3.05) is 31.2 Å². The second-order valence-electron chi connectivity index (χ2n) is 4.48. The molecule has 1 aliphatic rings. The molecule has 0 saturated carbocycles. The Morgan fingerprint density at radius 3 is 2.30 bits per heavy atom. The zero-order valence-electron chi connectivity index (χ0n) is 11.8. The fourth-order valence-electron chi connectivity index (χ4n) is 2.16. The average molecular weight is 277 g/mol. The summed E-state index contributed by atoms with van der Waals surface area (Å²) in [6.07, 6.45) is 1.09. The van der Waals surface area contributed by atoms with Gasteiger partial charge in [-0.3, -0.25) is 0 Å². The zero-order chi connectivity index (χ0) is 14.5. The first-order valence-electron chi connectivity index (χ1n) is 6.91. The van der Waals surface area contributed by atoms with E-state index >= 15 is 0 Å². The molecule has 1 aromatic carbocycles. The molecule has 1 fully saturated rings. The molecule has 1 aliphatic heterocycles. The minimum Gasteiger partial charge on any atom is -0.462 e. The summed E-state index contributed by atoms with van der Waals surface area (Å²) in [5, 5.41) is 0. The molecule has 5 nitrogen and oxygen atoms in total. The average Bonchev–Trinajstić information content (AvgIpc) is 2.37. The smallest absolute Gasteiger partial charge is 0.341 e. The summed E-state index contributed by atoms with van der Waals surface area (Å²) in [5.74, 6) is -0.962. The van der Waals surface area contributed by atoms with Gasteiger partial charge in [0.05, 0.1) is 30.0 Å². The third-order valence-electron chi connectivity index (χ3n) is 3.21. The van der Waals surface area contributed by atoms with E-state index < -0.39 is 11.9 Å². The number of carbonyl (C=O) groups excluding carboxylic acids is 2. The van der Waals surface area contributed by atoms with Gasteiger partial charge in [0.15, 0.2) is 0 Å². The number of anilines is 1. The largest absolute Gasteiger partial charge is 0.462 e. The molecular formula is C15H19NO4. The van der Waals surface area contributed by atoms with E-state index in [2.05, 4.69) is 4.90 Å². The lowest BCUT2D eigenvalue weighted by Crippen LogP contribution is -2.38. The fraction of sp³-hybridized carbons (Fsp3) is 0.467. The van der Waals surface area contributed by atoms with Crippen molar-refractivity contribution in [1.82, 2.24) is 0 Å². The molecule has 0 amide bonds. The summed E-state index contributed by atoms with van der Waals surface area (Å²) in [4.78, 5) is 26.3. The molecule has 1 saturated heterocycles. The van der Waals surface area contributed by atoms with Crippen molar-refractivity contribution in [3.8, 4) is 0 Å². The van der Waals surface area contributed by atoms with E-state index in [9.17, 15) is 9.59 Å². The van der Waals surface area contributed by atoms with Gasteiger partial charge in [0.25, 0.3) is 0 Å². The Morgan fingerprint density at radius 2 is 1.75 bits per heavy atom. The first-order valence-corrected chi connectivity index (χ1v) is 6.91. The Bertz CT molecular complexity index is 509. The molecule has 108 valence electrons. The number of rotatable bonds is 5. The summed E-state index contributed by atoms with van der Waals surface area (Å²) >= 11 is 0. The molecule has 0 aliphatic carbocycles. The van der Waals surface area contributed by atoms with Gasteiger partial charge in [-0.25, -0.2) is 9.59 Å². The predicted octanol–water partition coefficient (Wildman–Crippen LogP) is 2.25. The lowest BCUT2D eigenvalue weighted by Gasteiger charge is -2.34. The standard InChI is InChI=1S/C15H19NO4/c1-3-19-14(17)11-7-5-8-12(16-9-6-10-16)13(11)15(18)20-4-2/h5,7-8H,3-4,6,9-10H2,1-2H3. The molecule has 5 heteroatoms. The molecule has 0 spiro atoms. The normalized spacial score (nSPS) is 13.6. The quantitative estimate of drug-likeness (QED) is 0.773. The molecule has 20 heavy (non-hydrogen) atoms. The second-order valence-corrected chi connectivity index (χ2v) is 4.48. The van der Waals surface area contributed by atoms with Gasteiger partial charge in [-0.2, -0.15) is 0 Å². The first-order chi connectivity index (χ1) is 9.69. The van der Waals surface area contributed by atoms with Crippen LogP contribution in [0.3, 0.4) is 0 Å². The van der Waals surface area contributed by atoms with Crippen LogP contribution in [-0.2, 0) is 9.47 Å². The highest BCUT2D eigenvalue weighted by Gasteiger charge is 2.27. The molecule has 0 radical (unpaired) electrons. The van der Waals surface area contributed by atoms with Crippen LogP contribution >= 0.6 is 0 Å². The van der Waals surface area contributed by atoms with Crippen molar-refractivity contribution >= 4 is 17.6 Å². The SMILES string of the molecule is CCOC(=O)c1cccc(N2CCC2)c1C(=O)OCC. The molecule has 0 unspecified atom stereocenters. The topological polar surface area (TPSA) is 55.8 Å². The summed E-state index contributed by atoms with van der Waals surface area (Å²) in [6.45, 7) is 5.80. The fourth-order valence-corrected chi connectivity index (χ4v) is 2.16. The zero-order valence-corrected chi connectivity index (χ0v) is 11.8. The van der Waals surface area contributed by atoms with Gasteiger partial charge in [0, 0.05) is 13.1 Å². The Labute approximate surface area is 118 Å².